The zero-order chi connectivity index (χ0) is 14.2. The van der Waals surface area contributed by atoms with E-state index in [1.807, 2.05) is 18.2 Å². The molecule has 0 N–H and O–H groups in total. The summed E-state index contributed by atoms with van der Waals surface area (Å²) >= 11 is 5.62. The highest BCUT2D eigenvalue weighted by Gasteiger charge is 2.00. The van der Waals surface area contributed by atoms with Gasteiger partial charge in [0.05, 0.1) is 12.5 Å². The third-order valence-corrected chi connectivity index (χ3v) is 3.30. The van der Waals surface area contributed by atoms with Crippen LogP contribution < -0.4 is 9.47 Å². The van der Waals surface area contributed by atoms with Crippen molar-refractivity contribution in [3.8, 4) is 11.5 Å². The maximum absolute atomic E-state index is 5.76. The molecule has 2 rings (SSSR count). The van der Waals surface area contributed by atoms with E-state index in [0.29, 0.717) is 12.5 Å². The minimum absolute atomic E-state index is 0.503. The normalized spacial score (nSPS) is 10.7. The molecule has 0 aliphatic rings. The molecular weight excluding hydrogens is 272 g/mol. The summed E-state index contributed by atoms with van der Waals surface area (Å²) in [5, 5.41) is 2.31. The van der Waals surface area contributed by atoms with Crippen molar-refractivity contribution >= 4 is 22.4 Å². The molecule has 0 spiro atoms. The first kappa shape index (κ1) is 15.0. The molecule has 2 aromatic carbocycles. The number of hydrogen-bond donors (Lipinski definition) is 0. The Morgan fingerprint density at radius 2 is 1.45 bits per heavy atom. The van der Waals surface area contributed by atoms with E-state index in [1.54, 1.807) is 0 Å². The largest absolute Gasteiger partial charge is 0.494 e. The SMILES string of the molecule is CCCCCOc1ccc2cc(OCCCl)ccc2c1. The first-order valence-corrected chi connectivity index (χ1v) is 7.72. The fourth-order valence-electron chi connectivity index (χ4n) is 2.08. The van der Waals surface area contributed by atoms with Crippen LogP contribution in [0, 0.1) is 0 Å². The summed E-state index contributed by atoms with van der Waals surface area (Å²) < 4.78 is 11.3. The second kappa shape index (κ2) is 8.01. The van der Waals surface area contributed by atoms with Gasteiger partial charge in [-0.2, -0.15) is 0 Å². The van der Waals surface area contributed by atoms with E-state index in [0.717, 1.165) is 35.3 Å². The average molecular weight is 293 g/mol. The van der Waals surface area contributed by atoms with E-state index in [-0.39, 0.29) is 0 Å². The van der Waals surface area contributed by atoms with Crippen LogP contribution in [-0.2, 0) is 0 Å². The standard InChI is InChI=1S/C17H21ClO2/c1-2-3-4-10-19-16-7-5-15-13-17(20-11-9-18)8-6-14(15)12-16/h5-8,12-13H,2-4,9-11H2,1H3. The summed E-state index contributed by atoms with van der Waals surface area (Å²) in [5.74, 6) is 2.29. The summed E-state index contributed by atoms with van der Waals surface area (Å²) in [6.07, 6.45) is 3.54. The summed E-state index contributed by atoms with van der Waals surface area (Å²) in [4.78, 5) is 0. The minimum atomic E-state index is 0.503. The van der Waals surface area contributed by atoms with E-state index < -0.39 is 0 Å². The van der Waals surface area contributed by atoms with Crippen molar-refractivity contribution < 1.29 is 9.47 Å². The van der Waals surface area contributed by atoms with Gasteiger partial charge in [-0.15, -0.1) is 11.6 Å². The molecule has 0 radical (unpaired) electrons. The lowest BCUT2D eigenvalue weighted by atomic mass is 10.1. The van der Waals surface area contributed by atoms with E-state index in [2.05, 4.69) is 25.1 Å². The Balaban J connectivity index is 2.02. The Morgan fingerprint density at radius 3 is 2.00 bits per heavy atom. The molecule has 20 heavy (non-hydrogen) atoms. The summed E-state index contributed by atoms with van der Waals surface area (Å²) in [7, 11) is 0. The molecule has 0 aromatic heterocycles. The van der Waals surface area contributed by atoms with E-state index in [4.69, 9.17) is 21.1 Å². The van der Waals surface area contributed by atoms with Gasteiger partial charge in [-0.05, 0) is 41.5 Å². The molecule has 2 nitrogen and oxygen atoms in total. The Hall–Kier alpha value is -1.41. The molecule has 0 atom stereocenters. The maximum atomic E-state index is 5.76. The van der Waals surface area contributed by atoms with Gasteiger partial charge in [0.25, 0.3) is 0 Å². The van der Waals surface area contributed by atoms with Crippen molar-refractivity contribution in [2.75, 3.05) is 19.1 Å². The minimum Gasteiger partial charge on any atom is -0.494 e. The van der Waals surface area contributed by atoms with Crippen LogP contribution in [0.4, 0.5) is 0 Å². The van der Waals surface area contributed by atoms with Gasteiger partial charge in [0.15, 0.2) is 0 Å². The Bertz CT molecular complexity index is 540. The van der Waals surface area contributed by atoms with E-state index in [9.17, 15) is 0 Å². The van der Waals surface area contributed by atoms with Crippen LogP contribution in [0.1, 0.15) is 26.2 Å². The molecule has 0 aliphatic heterocycles. The van der Waals surface area contributed by atoms with Crippen LogP contribution in [0.5, 0.6) is 11.5 Å². The molecule has 0 fully saturated rings. The van der Waals surface area contributed by atoms with Gasteiger partial charge >= 0.3 is 0 Å². The third-order valence-electron chi connectivity index (χ3n) is 3.15. The van der Waals surface area contributed by atoms with Gasteiger partial charge < -0.3 is 9.47 Å². The number of alkyl halides is 1. The number of benzene rings is 2. The van der Waals surface area contributed by atoms with Crippen molar-refractivity contribution in [1.82, 2.24) is 0 Å². The van der Waals surface area contributed by atoms with Crippen molar-refractivity contribution in [3.63, 3.8) is 0 Å². The lowest BCUT2D eigenvalue weighted by Gasteiger charge is -2.08. The molecule has 0 unspecified atom stereocenters. The summed E-state index contributed by atoms with van der Waals surface area (Å²) in [6.45, 7) is 3.52. The smallest absolute Gasteiger partial charge is 0.119 e. The molecule has 0 heterocycles. The first-order chi connectivity index (χ1) is 9.83. The lowest BCUT2D eigenvalue weighted by molar-refractivity contribution is 0.306. The van der Waals surface area contributed by atoms with E-state index in [1.165, 1.54) is 12.8 Å². The number of unbranched alkanes of at least 4 members (excludes halogenated alkanes) is 2. The predicted molar refractivity (Wildman–Crippen MR) is 85.2 cm³/mol. The topological polar surface area (TPSA) is 18.5 Å². The number of hydrogen-bond acceptors (Lipinski definition) is 2. The molecular formula is C17H21ClO2. The zero-order valence-corrected chi connectivity index (χ0v) is 12.7. The fraction of sp³-hybridized carbons (Fsp3) is 0.412. The predicted octanol–water partition coefficient (Wildman–Crippen LogP) is 5.03. The molecule has 108 valence electrons. The highest BCUT2D eigenvalue weighted by Crippen LogP contribution is 2.25. The summed E-state index contributed by atoms with van der Waals surface area (Å²) in [6, 6.07) is 12.2. The van der Waals surface area contributed by atoms with Crippen molar-refractivity contribution in [3.05, 3.63) is 36.4 Å². The molecule has 0 saturated heterocycles. The average Bonchev–Trinajstić information content (AvgIpc) is 2.49. The number of halogens is 1. The van der Waals surface area contributed by atoms with Gasteiger partial charge in [0.2, 0.25) is 0 Å². The Morgan fingerprint density at radius 1 is 0.850 bits per heavy atom. The molecule has 3 heteroatoms. The monoisotopic (exact) mass is 292 g/mol. The number of ether oxygens (including phenoxy) is 2. The van der Waals surface area contributed by atoms with Gasteiger partial charge in [-0.1, -0.05) is 31.9 Å². The van der Waals surface area contributed by atoms with Crippen LogP contribution in [0.15, 0.2) is 36.4 Å². The van der Waals surface area contributed by atoms with E-state index >= 15 is 0 Å². The first-order valence-electron chi connectivity index (χ1n) is 7.19. The quantitative estimate of drug-likeness (QED) is 0.502. The van der Waals surface area contributed by atoms with Crippen LogP contribution in [0.2, 0.25) is 0 Å². The highest BCUT2D eigenvalue weighted by molar-refractivity contribution is 6.18. The van der Waals surface area contributed by atoms with Gasteiger partial charge in [0.1, 0.15) is 18.1 Å². The molecule has 0 bridgehead atoms. The molecule has 2 aromatic rings. The van der Waals surface area contributed by atoms with Crippen LogP contribution >= 0.6 is 11.6 Å². The maximum Gasteiger partial charge on any atom is 0.119 e. The third kappa shape index (κ3) is 4.31. The van der Waals surface area contributed by atoms with Gasteiger partial charge in [-0.3, -0.25) is 0 Å². The highest BCUT2D eigenvalue weighted by atomic mass is 35.5. The van der Waals surface area contributed by atoms with Crippen LogP contribution in [0.3, 0.4) is 0 Å². The second-order valence-corrected chi connectivity index (χ2v) is 5.14. The lowest BCUT2D eigenvalue weighted by Crippen LogP contribution is -1.98. The second-order valence-electron chi connectivity index (χ2n) is 4.76. The summed E-state index contributed by atoms with van der Waals surface area (Å²) in [5.41, 5.74) is 0. The number of rotatable bonds is 8. The van der Waals surface area contributed by atoms with Crippen molar-refractivity contribution in [2.45, 2.75) is 26.2 Å². The van der Waals surface area contributed by atoms with Crippen molar-refractivity contribution in [2.24, 2.45) is 0 Å². The Labute approximate surface area is 125 Å². The van der Waals surface area contributed by atoms with Gasteiger partial charge in [-0.25, -0.2) is 0 Å². The van der Waals surface area contributed by atoms with Crippen LogP contribution in [-0.4, -0.2) is 19.1 Å². The molecule has 0 aliphatic carbocycles. The fourth-order valence-corrected chi connectivity index (χ4v) is 2.16. The van der Waals surface area contributed by atoms with Crippen LogP contribution in [0.25, 0.3) is 10.8 Å². The molecule has 0 amide bonds. The van der Waals surface area contributed by atoms with Gasteiger partial charge in [0, 0.05) is 0 Å². The number of fused-ring (bicyclic) bond motifs is 1. The van der Waals surface area contributed by atoms with Crippen molar-refractivity contribution in [1.29, 1.82) is 0 Å². The Kier molecular flexibility index (Phi) is 6.00. The molecule has 0 saturated carbocycles. The zero-order valence-electron chi connectivity index (χ0n) is 11.9.